The van der Waals surface area contributed by atoms with Crippen LogP contribution in [0.25, 0.3) is 17.0 Å². The molecule has 180 valence electrons. The topological polar surface area (TPSA) is 89.7 Å². The van der Waals surface area contributed by atoms with Gasteiger partial charge in [-0.1, -0.05) is 29.4 Å². The number of halogens is 1. The third-order valence-corrected chi connectivity index (χ3v) is 6.24. The van der Waals surface area contributed by atoms with Crippen LogP contribution in [-0.4, -0.2) is 23.0 Å². The Morgan fingerprint density at radius 2 is 1.81 bits per heavy atom. The van der Waals surface area contributed by atoms with Crippen molar-refractivity contribution in [3.8, 4) is 22.9 Å². The Balaban J connectivity index is 1.47. The fourth-order valence-corrected chi connectivity index (χ4v) is 4.49. The molecule has 1 N–H and O–H groups in total. The van der Waals surface area contributed by atoms with E-state index in [0.717, 1.165) is 5.56 Å². The number of hydrogen-bond donors (Lipinski definition) is 1. The first-order chi connectivity index (χ1) is 17.5. The maximum absolute atomic E-state index is 13.7. The average Bonchev–Trinajstić information content (AvgIpc) is 3.54. The molecule has 4 aromatic rings. The monoisotopic (exact) mass is 484 g/mol. The number of urea groups is 1. The van der Waals surface area contributed by atoms with E-state index in [-0.39, 0.29) is 24.5 Å². The zero-order valence-electron chi connectivity index (χ0n) is 19.5. The van der Waals surface area contributed by atoms with E-state index in [9.17, 15) is 9.18 Å². The van der Waals surface area contributed by atoms with Crippen molar-refractivity contribution in [1.29, 1.82) is 0 Å². The van der Waals surface area contributed by atoms with Crippen molar-refractivity contribution in [3.63, 3.8) is 0 Å². The number of carbonyl (C=O) groups is 1. The summed E-state index contributed by atoms with van der Waals surface area (Å²) in [5.41, 5.74) is 4.34. The minimum atomic E-state index is -0.621. The number of aryl methyl sites for hydroxylation is 1. The molecule has 1 aromatic heterocycles. The number of hydrogen-bond acceptors (Lipinski definition) is 6. The summed E-state index contributed by atoms with van der Waals surface area (Å²) in [7, 11) is 0. The number of amides is 2. The minimum absolute atomic E-state index is 0.163. The smallest absolute Gasteiger partial charge is 0.326 e. The molecular weight excluding hydrogens is 463 g/mol. The van der Waals surface area contributed by atoms with Crippen LogP contribution >= 0.6 is 0 Å². The van der Waals surface area contributed by atoms with Gasteiger partial charge in [0.1, 0.15) is 5.82 Å². The fraction of sp³-hybridized carbons (Fsp3) is 0.148. The standard InChI is InChI=1S/C27H21FN4O4/c1-15-4-3-5-20(12-15)32-16(2)23(24(29-27(32)33)17-6-9-19(28)10-7-17)26-30-25(31-36-26)18-8-11-21-22(13-18)35-14-34-21/h3-13,24H,14H2,1-2H3,(H,29,33). The second-order valence-corrected chi connectivity index (χ2v) is 8.60. The molecule has 0 bridgehead atoms. The highest BCUT2D eigenvalue weighted by Gasteiger charge is 2.36. The SMILES string of the molecule is CC1=C(c2nc(-c3ccc4c(c3)OCO4)no2)C(c2ccc(F)cc2)NC(=O)N1c1cccc(C)c1. The molecule has 6 rings (SSSR count). The van der Waals surface area contributed by atoms with E-state index in [0.29, 0.717) is 45.4 Å². The van der Waals surface area contributed by atoms with Crippen LogP contribution in [0.4, 0.5) is 14.9 Å². The molecular formula is C27H21FN4O4. The lowest BCUT2D eigenvalue weighted by Crippen LogP contribution is -2.46. The van der Waals surface area contributed by atoms with Crippen LogP contribution in [-0.2, 0) is 0 Å². The molecule has 2 aliphatic heterocycles. The molecule has 1 unspecified atom stereocenters. The summed E-state index contributed by atoms with van der Waals surface area (Å²) in [6.07, 6.45) is 0. The molecule has 0 aliphatic carbocycles. The van der Waals surface area contributed by atoms with E-state index in [1.54, 1.807) is 29.2 Å². The molecule has 0 spiro atoms. The lowest BCUT2D eigenvalue weighted by atomic mass is 9.94. The number of anilines is 1. The predicted molar refractivity (Wildman–Crippen MR) is 130 cm³/mol. The van der Waals surface area contributed by atoms with Crippen molar-refractivity contribution in [2.24, 2.45) is 0 Å². The van der Waals surface area contributed by atoms with Gasteiger partial charge in [0.05, 0.1) is 17.3 Å². The Morgan fingerprint density at radius 1 is 1.00 bits per heavy atom. The number of ether oxygens (including phenoxy) is 2. The van der Waals surface area contributed by atoms with Crippen molar-refractivity contribution < 1.29 is 23.2 Å². The van der Waals surface area contributed by atoms with E-state index >= 15 is 0 Å². The molecule has 2 aliphatic rings. The first-order valence-electron chi connectivity index (χ1n) is 11.4. The highest BCUT2D eigenvalue weighted by molar-refractivity contribution is 6.01. The van der Waals surface area contributed by atoms with Gasteiger partial charge in [-0.2, -0.15) is 4.98 Å². The Kier molecular flexibility index (Phi) is 5.18. The molecule has 9 heteroatoms. The Bertz CT molecular complexity index is 1510. The average molecular weight is 484 g/mol. The summed E-state index contributed by atoms with van der Waals surface area (Å²) in [6.45, 7) is 3.95. The lowest BCUT2D eigenvalue weighted by Gasteiger charge is -2.35. The largest absolute Gasteiger partial charge is 0.454 e. The van der Waals surface area contributed by atoms with Crippen molar-refractivity contribution >= 4 is 17.3 Å². The van der Waals surface area contributed by atoms with Crippen molar-refractivity contribution in [3.05, 3.63) is 95.3 Å². The van der Waals surface area contributed by atoms with Crippen molar-refractivity contribution in [1.82, 2.24) is 15.5 Å². The van der Waals surface area contributed by atoms with Crippen LogP contribution in [0.3, 0.4) is 0 Å². The number of benzene rings is 3. The number of carbonyl (C=O) groups excluding carboxylic acids is 1. The van der Waals surface area contributed by atoms with Gasteiger partial charge in [-0.05, 0) is 67.4 Å². The number of fused-ring (bicyclic) bond motifs is 1. The van der Waals surface area contributed by atoms with Crippen LogP contribution in [0, 0.1) is 12.7 Å². The van der Waals surface area contributed by atoms with E-state index in [1.807, 2.05) is 44.2 Å². The van der Waals surface area contributed by atoms with Gasteiger partial charge in [0.2, 0.25) is 12.6 Å². The molecule has 0 radical (unpaired) electrons. The van der Waals surface area contributed by atoms with Crippen molar-refractivity contribution in [2.45, 2.75) is 19.9 Å². The fourth-order valence-electron chi connectivity index (χ4n) is 4.49. The number of allylic oxidation sites excluding steroid dienone is 1. The molecule has 3 heterocycles. The number of nitrogens with one attached hydrogen (secondary N) is 1. The van der Waals surface area contributed by atoms with Gasteiger partial charge in [-0.15, -0.1) is 0 Å². The number of rotatable bonds is 4. The third kappa shape index (κ3) is 3.74. The summed E-state index contributed by atoms with van der Waals surface area (Å²) >= 11 is 0. The zero-order chi connectivity index (χ0) is 24.8. The highest BCUT2D eigenvalue weighted by atomic mass is 19.1. The Hall–Kier alpha value is -4.66. The normalized spacial score (nSPS) is 16.9. The van der Waals surface area contributed by atoms with Gasteiger partial charge in [0.25, 0.3) is 5.89 Å². The summed E-state index contributed by atoms with van der Waals surface area (Å²) in [6, 6.07) is 18.1. The summed E-state index contributed by atoms with van der Waals surface area (Å²) < 4.78 is 30.2. The molecule has 0 saturated carbocycles. The summed E-state index contributed by atoms with van der Waals surface area (Å²) in [4.78, 5) is 19.5. The van der Waals surface area contributed by atoms with Gasteiger partial charge in [0.15, 0.2) is 11.5 Å². The Morgan fingerprint density at radius 3 is 2.61 bits per heavy atom. The molecule has 0 saturated heterocycles. The summed E-state index contributed by atoms with van der Waals surface area (Å²) in [5.74, 6) is 1.50. The molecule has 0 fully saturated rings. The van der Waals surface area contributed by atoms with Crippen LogP contribution in [0.5, 0.6) is 11.5 Å². The minimum Gasteiger partial charge on any atom is -0.454 e. The maximum Gasteiger partial charge on any atom is 0.326 e. The van der Waals surface area contributed by atoms with Crippen LogP contribution in [0.2, 0.25) is 0 Å². The molecule has 1 atom stereocenters. The maximum atomic E-state index is 13.7. The van der Waals surface area contributed by atoms with Gasteiger partial charge < -0.3 is 19.3 Å². The number of aromatic nitrogens is 2. The Labute approximate surface area is 206 Å². The first kappa shape index (κ1) is 21.8. The van der Waals surface area contributed by atoms with Gasteiger partial charge in [-0.3, -0.25) is 4.90 Å². The lowest BCUT2D eigenvalue weighted by molar-refractivity contribution is 0.174. The zero-order valence-corrected chi connectivity index (χ0v) is 19.5. The predicted octanol–water partition coefficient (Wildman–Crippen LogP) is 5.61. The molecule has 8 nitrogen and oxygen atoms in total. The first-order valence-corrected chi connectivity index (χ1v) is 11.4. The van der Waals surface area contributed by atoms with Crippen LogP contribution in [0.1, 0.15) is 30.0 Å². The second-order valence-electron chi connectivity index (χ2n) is 8.60. The van der Waals surface area contributed by atoms with E-state index in [4.69, 9.17) is 14.0 Å². The van der Waals surface area contributed by atoms with E-state index in [1.165, 1.54) is 12.1 Å². The van der Waals surface area contributed by atoms with Gasteiger partial charge in [0, 0.05) is 11.3 Å². The second kappa shape index (κ2) is 8.53. The van der Waals surface area contributed by atoms with E-state index in [2.05, 4.69) is 15.5 Å². The van der Waals surface area contributed by atoms with Gasteiger partial charge >= 0.3 is 6.03 Å². The number of nitrogens with zero attached hydrogens (tertiary/aromatic N) is 3. The quantitative estimate of drug-likeness (QED) is 0.405. The van der Waals surface area contributed by atoms with Gasteiger partial charge in [-0.25, -0.2) is 9.18 Å². The third-order valence-electron chi connectivity index (χ3n) is 6.24. The molecule has 3 aromatic carbocycles. The molecule has 2 amide bonds. The van der Waals surface area contributed by atoms with Crippen molar-refractivity contribution in [2.75, 3.05) is 11.7 Å². The highest BCUT2D eigenvalue weighted by Crippen LogP contribution is 2.40. The van der Waals surface area contributed by atoms with Crippen LogP contribution in [0.15, 0.2) is 77.0 Å². The summed E-state index contributed by atoms with van der Waals surface area (Å²) in [5, 5.41) is 7.21. The van der Waals surface area contributed by atoms with Crippen LogP contribution < -0.4 is 19.7 Å². The molecule has 36 heavy (non-hydrogen) atoms. The van der Waals surface area contributed by atoms with E-state index < -0.39 is 6.04 Å².